The fourth-order valence-electron chi connectivity index (χ4n) is 8.87. The summed E-state index contributed by atoms with van der Waals surface area (Å²) in [6.07, 6.45) is 11.3. The largest absolute Gasteiger partial charge is 0.312 e. The summed E-state index contributed by atoms with van der Waals surface area (Å²) in [6, 6.07) is 47.7. The van der Waals surface area contributed by atoms with Gasteiger partial charge in [-0.05, 0) is 91.0 Å². The van der Waals surface area contributed by atoms with Crippen LogP contribution in [0.15, 0.2) is 157 Å². The van der Waals surface area contributed by atoms with Crippen molar-refractivity contribution < 1.29 is 0 Å². The van der Waals surface area contributed by atoms with Crippen molar-refractivity contribution >= 4 is 49.8 Å². The van der Waals surface area contributed by atoms with Crippen molar-refractivity contribution in [3.8, 4) is 22.3 Å². The van der Waals surface area contributed by atoms with Gasteiger partial charge in [-0.25, -0.2) is 0 Å². The van der Waals surface area contributed by atoms with Gasteiger partial charge in [-0.3, -0.25) is 0 Å². The Morgan fingerprint density at radius 3 is 1.88 bits per heavy atom. The standard InChI is InChI=1S/C47H35N/c1-47(2)40-24-12-11-23-38(40)45-33-18-6-5-17-32(33)39(29-41(45)47)44-34-19-7-9-21-36(34)46(37-22-10-8-20-35(37)44)48-42-25-13-3-15-30(42)27-28-31-16-4-14-26-43(31)48/h3-13,15-25,27-29H,14,26H2,1-2H3. The van der Waals surface area contributed by atoms with Crippen LogP contribution >= 0.6 is 0 Å². The summed E-state index contributed by atoms with van der Waals surface area (Å²) in [5, 5.41) is 7.75. The van der Waals surface area contributed by atoms with Gasteiger partial charge in [0, 0.05) is 21.9 Å². The summed E-state index contributed by atoms with van der Waals surface area (Å²) >= 11 is 0. The van der Waals surface area contributed by atoms with Crippen molar-refractivity contribution in [3.63, 3.8) is 0 Å². The third-order valence-electron chi connectivity index (χ3n) is 11.1. The normalized spacial score (nSPS) is 15.8. The van der Waals surface area contributed by atoms with Gasteiger partial charge in [-0.15, -0.1) is 0 Å². The number of para-hydroxylation sites is 1. The summed E-state index contributed by atoms with van der Waals surface area (Å²) in [7, 11) is 0. The van der Waals surface area contributed by atoms with Crippen LogP contribution in [0.5, 0.6) is 0 Å². The molecule has 0 fully saturated rings. The molecule has 1 heteroatoms. The van der Waals surface area contributed by atoms with Crippen molar-refractivity contribution in [2.45, 2.75) is 32.1 Å². The maximum absolute atomic E-state index is 2.59. The third kappa shape index (κ3) is 3.73. The van der Waals surface area contributed by atoms with Gasteiger partial charge in [0.05, 0.1) is 11.4 Å². The minimum absolute atomic E-state index is 0.101. The molecule has 0 saturated heterocycles. The Bertz CT molecular complexity index is 2530. The lowest BCUT2D eigenvalue weighted by atomic mass is 9.79. The van der Waals surface area contributed by atoms with Crippen LogP contribution in [-0.4, -0.2) is 0 Å². The molecule has 1 nitrogen and oxygen atoms in total. The topological polar surface area (TPSA) is 3.24 Å². The van der Waals surface area contributed by atoms with E-state index in [2.05, 4.69) is 170 Å². The van der Waals surface area contributed by atoms with Gasteiger partial charge in [0.1, 0.15) is 0 Å². The molecule has 48 heavy (non-hydrogen) atoms. The summed E-state index contributed by atoms with van der Waals surface area (Å²) in [4.78, 5) is 2.59. The summed E-state index contributed by atoms with van der Waals surface area (Å²) in [5.41, 5.74) is 14.5. The van der Waals surface area contributed by atoms with E-state index in [1.807, 2.05) is 0 Å². The summed E-state index contributed by atoms with van der Waals surface area (Å²) < 4.78 is 0. The molecular weight excluding hydrogens is 579 g/mol. The van der Waals surface area contributed by atoms with Crippen molar-refractivity contribution in [1.29, 1.82) is 0 Å². The van der Waals surface area contributed by atoms with Gasteiger partial charge in [0.25, 0.3) is 0 Å². The number of rotatable bonds is 2. The molecule has 0 radical (unpaired) electrons. The Kier molecular flexibility index (Phi) is 5.82. The van der Waals surface area contributed by atoms with Crippen LogP contribution in [0.1, 0.15) is 43.4 Å². The fourth-order valence-corrected chi connectivity index (χ4v) is 8.87. The van der Waals surface area contributed by atoms with Crippen LogP contribution in [0.4, 0.5) is 11.4 Å². The molecule has 7 aromatic rings. The first-order chi connectivity index (χ1) is 23.6. The summed E-state index contributed by atoms with van der Waals surface area (Å²) in [6.45, 7) is 4.79. The van der Waals surface area contributed by atoms with Gasteiger partial charge < -0.3 is 4.90 Å². The first-order valence-electron chi connectivity index (χ1n) is 17.2. The monoisotopic (exact) mass is 613 g/mol. The van der Waals surface area contributed by atoms with E-state index in [1.165, 1.54) is 93.9 Å². The molecule has 0 N–H and O–H groups in total. The molecule has 2 aliphatic carbocycles. The molecule has 0 amide bonds. The predicted octanol–water partition coefficient (Wildman–Crippen LogP) is 12.9. The van der Waals surface area contributed by atoms with Crippen LogP contribution in [0.3, 0.4) is 0 Å². The molecule has 228 valence electrons. The lowest BCUT2D eigenvalue weighted by Crippen LogP contribution is -2.20. The molecule has 7 aromatic carbocycles. The van der Waals surface area contributed by atoms with E-state index in [0.717, 1.165) is 12.8 Å². The van der Waals surface area contributed by atoms with Crippen molar-refractivity contribution in [1.82, 2.24) is 0 Å². The second kappa shape index (κ2) is 10.2. The van der Waals surface area contributed by atoms with Gasteiger partial charge >= 0.3 is 0 Å². The second-order valence-electron chi connectivity index (χ2n) is 13.9. The maximum atomic E-state index is 2.59. The SMILES string of the molecule is CC1(C)c2ccccc2-c2c1cc(-c1c3ccccc3c(N3C4=C(C=CCC4)C=Cc4ccccc43)c3ccccc13)c1ccccc21. The van der Waals surface area contributed by atoms with Crippen LogP contribution in [-0.2, 0) is 5.41 Å². The molecule has 0 spiro atoms. The molecule has 0 aromatic heterocycles. The van der Waals surface area contributed by atoms with Crippen LogP contribution in [0.2, 0.25) is 0 Å². The minimum Gasteiger partial charge on any atom is -0.312 e. The quantitative estimate of drug-likeness (QED) is 0.175. The molecule has 1 heterocycles. The van der Waals surface area contributed by atoms with E-state index in [9.17, 15) is 0 Å². The number of fused-ring (bicyclic) bond motifs is 8. The molecule has 0 bridgehead atoms. The van der Waals surface area contributed by atoms with Crippen molar-refractivity contribution in [2.75, 3.05) is 4.90 Å². The number of hydrogen-bond donors (Lipinski definition) is 0. The predicted molar refractivity (Wildman–Crippen MR) is 205 cm³/mol. The highest BCUT2D eigenvalue weighted by atomic mass is 15.2. The van der Waals surface area contributed by atoms with E-state index in [1.54, 1.807) is 0 Å². The Hall–Kier alpha value is -5.66. The van der Waals surface area contributed by atoms with Crippen molar-refractivity contribution in [2.24, 2.45) is 0 Å². The van der Waals surface area contributed by atoms with Gasteiger partial charge in [-0.2, -0.15) is 0 Å². The number of hydrogen-bond acceptors (Lipinski definition) is 1. The molecule has 0 unspecified atom stereocenters. The molecule has 10 rings (SSSR count). The lowest BCUT2D eigenvalue weighted by molar-refractivity contribution is 0.661. The Balaban J connectivity index is 1.35. The van der Waals surface area contributed by atoms with Crippen LogP contribution in [0.25, 0.3) is 60.6 Å². The van der Waals surface area contributed by atoms with Crippen LogP contribution in [0, 0.1) is 0 Å². The third-order valence-corrected chi connectivity index (χ3v) is 11.1. The van der Waals surface area contributed by atoms with E-state index in [0.29, 0.717) is 0 Å². The van der Waals surface area contributed by atoms with Crippen LogP contribution < -0.4 is 4.90 Å². The van der Waals surface area contributed by atoms with Gasteiger partial charge in [0.2, 0.25) is 0 Å². The van der Waals surface area contributed by atoms with Gasteiger partial charge in [0.15, 0.2) is 0 Å². The second-order valence-corrected chi connectivity index (χ2v) is 13.9. The highest BCUT2D eigenvalue weighted by Gasteiger charge is 2.37. The Labute approximate surface area is 281 Å². The number of anilines is 2. The highest BCUT2D eigenvalue weighted by Crippen LogP contribution is 2.55. The van der Waals surface area contributed by atoms with E-state index < -0.39 is 0 Å². The molecule has 3 aliphatic rings. The van der Waals surface area contributed by atoms with Gasteiger partial charge in [-0.1, -0.05) is 153 Å². The number of benzene rings is 7. The molecule has 0 saturated carbocycles. The maximum Gasteiger partial charge on any atom is 0.0616 e. The number of nitrogens with zero attached hydrogens (tertiary/aromatic N) is 1. The fraction of sp³-hybridized carbons (Fsp3) is 0.106. The van der Waals surface area contributed by atoms with Crippen molar-refractivity contribution in [3.05, 3.63) is 174 Å². The average Bonchev–Trinajstić information content (AvgIpc) is 3.25. The molecule has 0 atom stereocenters. The average molecular weight is 614 g/mol. The number of allylic oxidation sites excluding steroid dienone is 5. The first kappa shape index (κ1) is 27.5. The van der Waals surface area contributed by atoms with E-state index in [-0.39, 0.29) is 5.41 Å². The minimum atomic E-state index is -0.101. The zero-order chi connectivity index (χ0) is 32.0. The first-order valence-corrected chi connectivity index (χ1v) is 17.2. The smallest absolute Gasteiger partial charge is 0.0616 e. The van der Waals surface area contributed by atoms with E-state index in [4.69, 9.17) is 0 Å². The van der Waals surface area contributed by atoms with E-state index >= 15 is 0 Å². The molecule has 1 aliphatic heterocycles. The lowest BCUT2D eigenvalue weighted by Gasteiger charge is -2.33. The molecular formula is C47H35N. The summed E-state index contributed by atoms with van der Waals surface area (Å²) in [5.74, 6) is 0. The zero-order valence-electron chi connectivity index (χ0n) is 27.3. The Morgan fingerprint density at radius 2 is 1.12 bits per heavy atom. The Morgan fingerprint density at radius 1 is 0.521 bits per heavy atom. The zero-order valence-corrected chi connectivity index (χ0v) is 27.3. The highest BCUT2D eigenvalue weighted by molar-refractivity contribution is 6.25.